The van der Waals surface area contributed by atoms with Crippen LogP contribution in [0.3, 0.4) is 0 Å². The molecule has 1 saturated carbocycles. The molecule has 1 aromatic rings. The highest BCUT2D eigenvalue weighted by Crippen LogP contribution is 2.57. The van der Waals surface area contributed by atoms with Gasteiger partial charge in [-0.1, -0.05) is 43.0 Å². The van der Waals surface area contributed by atoms with E-state index in [4.69, 9.17) is 5.73 Å². The number of aliphatic hydroxyl groups is 4. The van der Waals surface area contributed by atoms with Gasteiger partial charge in [-0.2, -0.15) is 0 Å². The lowest BCUT2D eigenvalue weighted by atomic mass is 9.54. The molecule has 10 heteroatoms. The highest BCUT2D eigenvalue weighted by atomic mass is 16.3. The number of nitrogens with zero attached hydrogens (tertiary/aromatic N) is 1. The summed E-state index contributed by atoms with van der Waals surface area (Å²) in [6.07, 6.45) is 7.69. The third kappa shape index (κ3) is 3.72. The number of hydrogen-bond acceptors (Lipinski definition) is 9. The number of rotatable bonds is 2. The van der Waals surface area contributed by atoms with Crippen molar-refractivity contribution in [1.29, 1.82) is 0 Å². The molecule has 5 atom stereocenters. The number of carbonyl (C=O) groups excluding carboxylic acids is 3. The Kier molecular flexibility index (Phi) is 6.47. The SMILES string of the molecule is C=C1C=CC=C1.CN(C)[C@@H]1C(=O)C(C(N)=O)=C(O)[C@@]2(O)C(=O)C3=C(O)c4c(O)cccc4[C@@](C)(O)[C@H]3C[C@@H]12. The van der Waals surface area contributed by atoms with E-state index in [0.717, 1.165) is 5.57 Å². The Bertz CT molecular complexity index is 1380. The highest BCUT2D eigenvalue weighted by molar-refractivity contribution is 6.24. The molecule has 10 nitrogen and oxygen atoms in total. The van der Waals surface area contributed by atoms with Crippen molar-refractivity contribution < 1.29 is 39.9 Å². The van der Waals surface area contributed by atoms with E-state index in [0.29, 0.717) is 0 Å². The summed E-state index contributed by atoms with van der Waals surface area (Å²) in [5.74, 6) is -7.90. The summed E-state index contributed by atoms with van der Waals surface area (Å²) >= 11 is 0. The van der Waals surface area contributed by atoms with Crippen LogP contribution in [0.4, 0.5) is 0 Å². The van der Waals surface area contributed by atoms with Crippen LogP contribution in [0.25, 0.3) is 5.76 Å². The van der Waals surface area contributed by atoms with Crippen LogP contribution in [0.2, 0.25) is 0 Å². The zero-order valence-electron chi connectivity index (χ0n) is 21.2. The second-order valence-electron chi connectivity index (χ2n) is 10.3. The quantitative estimate of drug-likeness (QED) is 0.312. The number of hydrogen-bond donors (Lipinski definition) is 6. The van der Waals surface area contributed by atoms with Gasteiger partial charge < -0.3 is 31.3 Å². The lowest BCUT2D eigenvalue weighted by Crippen LogP contribution is -2.67. The van der Waals surface area contributed by atoms with Crippen LogP contribution in [0.15, 0.2) is 71.6 Å². The summed E-state index contributed by atoms with van der Waals surface area (Å²) in [7, 11) is 3.01. The molecule has 0 bridgehead atoms. The molecule has 200 valence electrons. The molecule has 4 aliphatic rings. The van der Waals surface area contributed by atoms with Crippen molar-refractivity contribution in [3.8, 4) is 5.75 Å². The molecule has 0 radical (unpaired) electrons. The van der Waals surface area contributed by atoms with Crippen LogP contribution < -0.4 is 5.73 Å². The van der Waals surface area contributed by atoms with Crippen LogP contribution in [-0.4, -0.2) is 73.6 Å². The van der Waals surface area contributed by atoms with Crippen molar-refractivity contribution >= 4 is 23.2 Å². The number of phenols is 1. The molecular formula is C28H30N2O8. The topological polar surface area (TPSA) is 182 Å². The molecule has 1 amide bonds. The fourth-order valence-corrected chi connectivity index (χ4v) is 5.92. The minimum atomic E-state index is -2.75. The summed E-state index contributed by atoms with van der Waals surface area (Å²) in [6.45, 7) is 5.08. The molecule has 0 aliphatic heterocycles. The predicted octanol–water partition coefficient (Wildman–Crippen LogP) is 1.30. The zero-order valence-corrected chi connectivity index (χ0v) is 21.2. The summed E-state index contributed by atoms with van der Waals surface area (Å²) in [4.78, 5) is 40.0. The van der Waals surface area contributed by atoms with Gasteiger partial charge >= 0.3 is 0 Å². The Hall–Kier alpha value is -3.99. The van der Waals surface area contributed by atoms with Gasteiger partial charge in [-0.05, 0) is 44.6 Å². The van der Waals surface area contributed by atoms with Crippen LogP contribution in [0, 0.1) is 11.8 Å². The monoisotopic (exact) mass is 522 g/mol. The van der Waals surface area contributed by atoms with Crippen molar-refractivity contribution in [3.63, 3.8) is 0 Å². The van der Waals surface area contributed by atoms with Crippen molar-refractivity contribution in [2.24, 2.45) is 17.6 Å². The Morgan fingerprint density at radius 1 is 1.11 bits per heavy atom. The first-order valence-corrected chi connectivity index (χ1v) is 11.9. The van der Waals surface area contributed by atoms with E-state index >= 15 is 0 Å². The smallest absolute Gasteiger partial charge is 0.255 e. The minimum Gasteiger partial charge on any atom is -0.508 e. The maximum absolute atomic E-state index is 13.7. The first-order chi connectivity index (χ1) is 17.7. The Labute approximate surface area is 219 Å². The Morgan fingerprint density at radius 3 is 2.21 bits per heavy atom. The highest BCUT2D eigenvalue weighted by Gasteiger charge is 2.66. The molecule has 0 aromatic heterocycles. The number of amides is 1. The number of aliphatic hydroxyl groups excluding tert-OH is 2. The number of primary amides is 1. The standard InChI is InChI=1S/C22H24N2O8.C6H6/c1-21(31)8-5-4-6-11(25)12(8)16(26)13-9(21)7-10-15(24(2)3)17(27)14(20(23)30)19(29)22(10,32)18(13)28;1-6-4-2-3-5-6/h4-6,9-10,15,25-26,29,31-32H,7H2,1-3H3,(H2,23,30);2-5H,1H2/t9-,10-,15-,21+,22-;/m0./s1. The molecule has 1 fully saturated rings. The number of fused-ring (bicyclic) bond motifs is 3. The first-order valence-electron chi connectivity index (χ1n) is 11.9. The fraction of sp³-hybridized carbons (Fsp3) is 0.321. The number of likely N-dealkylation sites (N-methyl/N-ethyl adjacent to an activating group) is 1. The van der Waals surface area contributed by atoms with Crippen molar-refractivity contribution in [3.05, 3.63) is 82.7 Å². The second kappa shape index (κ2) is 9.09. The third-order valence-corrected chi connectivity index (χ3v) is 7.75. The van der Waals surface area contributed by atoms with E-state index in [1.807, 2.05) is 24.3 Å². The van der Waals surface area contributed by atoms with Crippen LogP contribution >= 0.6 is 0 Å². The van der Waals surface area contributed by atoms with Crippen molar-refractivity contribution in [1.82, 2.24) is 4.90 Å². The number of Topliss-reactive ketones (excluding diaryl/α,β-unsaturated/α-hetero) is 2. The Balaban J connectivity index is 0.000000494. The summed E-state index contributed by atoms with van der Waals surface area (Å²) < 4.78 is 0. The molecule has 7 N–H and O–H groups in total. The van der Waals surface area contributed by atoms with E-state index in [1.165, 1.54) is 44.1 Å². The lowest BCUT2D eigenvalue weighted by Gasteiger charge is -2.53. The minimum absolute atomic E-state index is 0.170. The van der Waals surface area contributed by atoms with E-state index < -0.39 is 75.0 Å². The van der Waals surface area contributed by atoms with Crippen LogP contribution in [0.1, 0.15) is 24.5 Å². The van der Waals surface area contributed by atoms with Crippen molar-refractivity contribution in [2.75, 3.05) is 14.1 Å². The number of benzene rings is 1. The largest absolute Gasteiger partial charge is 0.508 e. The molecule has 0 saturated heterocycles. The zero-order chi connectivity index (χ0) is 28.3. The Morgan fingerprint density at radius 2 is 1.71 bits per heavy atom. The molecule has 0 unspecified atom stereocenters. The van der Waals surface area contributed by atoms with E-state index in [9.17, 15) is 39.9 Å². The molecule has 0 heterocycles. The average Bonchev–Trinajstić information content (AvgIpc) is 3.30. The number of carbonyl (C=O) groups is 3. The molecule has 0 spiro atoms. The van der Waals surface area contributed by atoms with Gasteiger partial charge in [-0.3, -0.25) is 19.3 Å². The number of allylic oxidation sites excluding steroid dienone is 5. The van der Waals surface area contributed by atoms with Crippen molar-refractivity contribution in [2.45, 2.75) is 30.6 Å². The fourth-order valence-electron chi connectivity index (χ4n) is 5.92. The number of ketones is 2. The van der Waals surface area contributed by atoms with Gasteiger partial charge in [0.1, 0.15) is 22.8 Å². The normalized spacial score (nSPS) is 31.6. The van der Waals surface area contributed by atoms with Gasteiger partial charge in [0, 0.05) is 17.4 Å². The molecular weight excluding hydrogens is 492 g/mol. The number of phenolic OH excluding ortho intramolecular Hbond substituents is 1. The van der Waals surface area contributed by atoms with Gasteiger partial charge in [0.2, 0.25) is 5.78 Å². The van der Waals surface area contributed by atoms with Gasteiger partial charge in [0.05, 0.1) is 17.2 Å². The van der Waals surface area contributed by atoms with Gasteiger partial charge in [-0.15, -0.1) is 0 Å². The molecule has 5 rings (SSSR count). The predicted molar refractivity (Wildman–Crippen MR) is 138 cm³/mol. The molecule has 1 aromatic carbocycles. The van der Waals surface area contributed by atoms with E-state index in [-0.39, 0.29) is 17.5 Å². The van der Waals surface area contributed by atoms with E-state index in [1.54, 1.807) is 0 Å². The number of aromatic hydroxyl groups is 1. The summed E-state index contributed by atoms with van der Waals surface area (Å²) in [5, 5.41) is 54.9. The van der Waals surface area contributed by atoms with Gasteiger partial charge in [0.25, 0.3) is 5.91 Å². The summed E-state index contributed by atoms with van der Waals surface area (Å²) in [5.41, 5.74) is 0.545. The third-order valence-electron chi connectivity index (χ3n) is 7.75. The van der Waals surface area contributed by atoms with E-state index in [2.05, 4.69) is 6.58 Å². The van der Waals surface area contributed by atoms with Gasteiger partial charge in [0.15, 0.2) is 11.4 Å². The first kappa shape index (κ1) is 27.1. The maximum Gasteiger partial charge on any atom is 0.255 e. The summed E-state index contributed by atoms with van der Waals surface area (Å²) in [6, 6.07) is 3.02. The second-order valence-corrected chi connectivity index (χ2v) is 10.3. The molecule has 38 heavy (non-hydrogen) atoms. The molecule has 4 aliphatic carbocycles. The average molecular weight is 523 g/mol. The number of nitrogens with two attached hydrogens (primary N) is 1. The maximum atomic E-state index is 13.7. The lowest BCUT2D eigenvalue weighted by molar-refractivity contribution is -0.159. The van der Waals surface area contributed by atoms with Gasteiger partial charge in [-0.25, -0.2) is 0 Å². The van der Waals surface area contributed by atoms with Crippen LogP contribution in [-0.2, 0) is 20.0 Å². The van der Waals surface area contributed by atoms with Crippen LogP contribution in [0.5, 0.6) is 5.75 Å².